The number of nitro groups is 1. The van der Waals surface area contributed by atoms with Gasteiger partial charge in [0.25, 0.3) is 12.1 Å². The van der Waals surface area contributed by atoms with Crippen LogP contribution in [-0.4, -0.2) is 20.6 Å². The van der Waals surface area contributed by atoms with Crippen molar-refractivity contribution in [1.29, 1.82) is 0 Å². The third kappa shape index (κ3) is 5.36. The molecular formula is C22H18BrClF2N4O4. The molecule has 1 amide bonds. The molecule has 2 aromatic carbocycles. The van der Waals surface area contributed by atoms with E-state index in [4.69, 9.17) is 16.3 Å². The number of ether oxygens (including phenoxy) is 1. The zero-order valence-corrected chi connectivity index (χ0v) is 20.1. The van der Waals surface area contributed by atoms with Crippen LogP contribution in [0.1, 0.15) is 42.1 Å². The lowest BCUT2D eigenvalue weighted by atomic mass is 10.2. The van der Waals surface area contributed by atoms with Gasteiger partial charge >= 0.3 is 0 Å². The van der Waals surface area contributed by atoms with Gasteiger partial charge in [-0.3, -0.25) is 19.6 Å². The van der Waals surface area contributed by atoms with E-state index in [1.165, 1.54) is 22.9 Å². The van der Waals surface area contributed by atoms with Crippen LogP contribution in [0.2, 0.25) is 5.02 Å². The highest BCUT2D eigenvalue weighted by atomic mass is 79.9. The van der Waals surface area contributed by atoms with E-state index in [1.54, 1.807) is 25.1 Å². The second-order valence-electron chi connectivity index (χ2n) is 7.85. The number of nitrogens with one attached hydrogen (secondary N) is 1. The van der Waals surface area contributed by atoms with Crippen LogP contribution in [0.3, 0.4) is 0 Å². The van der Waals surface area contributed by atoms with Crippen LogP contribution in [0.25, 0.3) is 0 Å². The van der Waals surface area contributed by atoms with Gasteiger partial charge in [0.05, 0.1) is 26.8 Å². The summed E-state index contributed by atoms with van der Waals surface area (Å²) in [4.78, 5) is 23.5. The van der Waals surface area contributed by atoms with E-state index < -0.39 is 22.9 Å². The average molecular weight is 556 g/mol. The maximum absolute atomic E-state index is 13.3. The highest BCUT2D eigenvalue weighted by Crippen LogP contribution is 2.45. The number of hydrogen-bond donors (Lipinski definition) is 1. The van der Waals surface area contributed by atoms with Crippen molar-refractivity contribution in [2.45, 2.75) is 38.7 Å². The van der Waals surface area contributed by atoms with Crippen LogP contribution in [-0.2, 0) is 11.3 Å². The Hall–Kier alpha value is -3.05. The van der Waals surface area contributed by atoms with Gasteiger partial charge in [-0.15, -0.1) is 0 Å². The number of aryl methyl sites for hydroxylation is 1. The SMILES string of the molecule is Cc1cc(Oc2cc(NC(=O)Cn3nc(C(F)F)c(Br)c3C3CC3)cc([N+](=O)[O-])c2)ccc1Cl. The average Bonchev–Trinajstić information content (AvgIpc) is 3.53. The molecule has 0 unspecified atom stereocenters. The molecule has 4 rings (SSSR count). The zero-order valence-electron chi connectivity index (χ0n) is 17.7. The van der Waals surface area contributed by atoms with Gasteiger partial charge in [0.15, 0.2) is 0 Å². The van der Waals surface area contributed by atoms with Crippen LogP contribution in [0, 0.1) is 17.0 Å². The second kappa shape index (κ2) is 9.67. The van der Waals surface area contributed by atoms with Crippen LogP contribution in [0.4, 0.5) is 20.2 Å². The molecule has 0 atom stereocenters. The van der Waals surface area contributed by atoms with Crippen molar-refractivity contribution in [3.05, 3.63) is 73.0 Å². The third-order valence-electron chi connectivity index (χ3n) is 5.17. The smallest absolute Gasteiger partial charge is 0.283 e. The first kappa shape index (κ1) is 24.1. The summed E-state index contributed by atoms with van der Waals surface area (Å²) >= 11 is 9.20. The van der Waals surface area contributed by atoms with Gasteiger partial charge < -0.3 is 10.1 Å². The van der Waals surface area contributed by atoms with Crippen LogP contribution < -0.4 is 10.1 Å². The molecule has 0 bridgehead atoms. The van der Waals surface area contributed by atoms with Crippen molar-refractivity contribution in [3.63, 3.8) is 0 Å². The summed E-state index contributed by atoms with van der Waals surface area (Å²) in [5.74, 6) is 0.0238. The van der Waals surface area contributed by atoms with Crippen molar-refractivity contribution in [1.82, 2.24) is 9.78 Å². The van der Waals surface area contributed by atoms with E-state index in [9.17, 15) is 23.7 Å². The number of anilines is 1. The quantitative estimate of drug-likeness (QED) is 0.244. The van der Waals surface area contributed by atoms with E-state index in [1.807, 2.05) is 0 Å². The standard InChI is InChI=1S/C22H18BrClF2N4O4/c1-11-6-15(4-5-17(11)24)34-16-8-13(7-14(9-16)30(32)33)27-18(31)10-29-21(12-2-3-12)19(23)20(28-29)22(25)26/h4-9,12,22H,2-3,10H2,1H3,(H,27,31). The molecule has 0 radical (unpaired) electrons. The van der Waals surface area contributed by atoms with Crippen LogP contribution in [0.15, 0.2) is 40.9 Å². The fraction of sp³-hybridized carbons (Fsp3) is 0.273. The molecule has 0 aliphatic heterocycles. The first-order valence-electron chi connectivity index (χ1n) is 10.2. The summed E-state index contributed by atoms with van der Waals surface area (Å²) in [6.45, 7) is 1.46. The van der Waals surface area contributed by atoms with Crippen molar-refractivity contribution in [3.8, 4) is 11.5 Å². The lowest BCUT2D eigenvalue weighted by Crippen LogP contribution is -2.21. The number of carbonyl (C=O) groups is 1. The zero-order chi connectivity index (χ0) is 24.6. The Morgan fingerprint density at radius 3 is 2.68 bits per heavy atom. The van der Waals surface area contributed by atoms with E-state index in [-0.39, 0.29) is 34.1 Å². The number of nitrogens with zero attached hydrogens (tertiary/aromatic N) is 3. The fourth-order valence-electron chi connectivity index (χ4n) is 3.45. The van der Waals surface area contributed by atoms with Crippen molar-refractivity contribution < 1.29 is 23.2 Å². The van der Waals surface area contributed by atoms with Gasteiger partial charge in [0.1, 0.15) is 23.7 Å². The van der Waals surface area contributed by atoms with Gasteiger partial charge in [-0.05, 0) is 59.5 Å². The molecule has 3 aromatic rings. The summed E-state index contributed by atoms with van der Waals surface area (Å²) in [6.07, 6.45) is -1.14. The minimum atomic E-state index is -2.79. The number of rotatable bonds is 8. The fourth-order valence-corrected chi connectivity index (χ4v) is 4.35. The molecule has 1 saturated carbocycles. The molecule has 1 heterocycles. The number of benzene rings is 2. The molecule has 1 aliphatic carbocycles. The third-order valence-corrected chi connectivity index (χ3v) is 6.41. The maximum Gasteiger partial charge on any atom is 0.283 e. The summed E-state index contributed by atoms with van der Waals surface area (Å²) < 4.78 is 33.8. The normalized spacial score (nSPS) is 13.2. The molecule has 1 N–H and O–H groups in total. The number of amides is 1. The Labute approximate surface area is 206 Å². The highest BCUT2D eigenvalue weighted by Gasteiger charge is 2.34. The Kier molecular flexibility index (Phi) is 6.85. The summed E-state index contributed by atoms with van der Waals surface area (Å²) in [5, 5.41) is 18.4. The van der Waals surface area contributed by atoms with Crippen molar-refractivity contribution in [2.24, 2.45) is 0 Å². The van der Waals surface area contributed by atoms with Crippen LogP contribution >= 0.6 is 27.5 Å². The molecule has 1 aromatic heterocycles. The summed E-state index contributed by atoms with van der Waals surface area (Å²) in [6, 6.07) is 8.77. The number of nitro benzene ring substituents is 1. The number of alkyl halides is 2. The van der Waals surface area contributed by atoms with Crippen molar-refractivity contribution in [2.75, 3.05) is 5.32 Å². The monoisotopic (exact) mass is 554 g/mol. The van der Waals surface area contributed by atoms with Gasteiger partial charge in [0.2, 0.25) is 5.91 Å². The molecule has 0 saturated heterocycles. The van der Waals surface area contributed by atoms with Crippen LogP contribution in [0.5, 0.6) is 11.5 Å². The number of carbonyl (C=O) groups excluding carboxylic acids is 1. The van der Waals surface area contributed by atoms with Crippen molar-refractivity contribution >= 4 is 44.8 Å². The van der Waals surface area contributed by atoms with E-state index in [0.29, 0.717) is 16.5 Å². The van der Waals surface area contributed by atoms with E-state index in [2.05, 4.69) is 26.3 Å². The predicted octanol–water partition coefficient (Wildman–Crippen LogP) is 6.76. The number of non-ortho nitro benzene ring substituents is 1. The molecule has 12 heteroatoms. The largest absolute Gasteiger partial charge is 0.457 e. The Balaban J connectivity index is 1.56. The van der Waals surface area contributed by atoms with Gasteiger partial charge in [-0.2, -0.15) is 5.10 Å². The van der Waals surface area contributed by atoms with Gasteiger partial charge in [-0.25, -0.2) is 8.78 Å². The molecule has 1 fully saturated rings. The summed E-state index contributed by atoms with van der Waals surface area (Å²) in [5.41, 5.74) is 0.718. The lowest BCUT2D eigenvalue weighted by molar-refractivity contribution is -0.384. The predicted molar refractivity (Wildman–Crippen MR) is 125 cm³/mol. The Bertz CT molecular complexity index is 1280. The summed E-state index contributed by atoms with van der Waals surface area (Å²) in [7, 11) is 0. The number of hydrogen-bond acceptors (Lipinski definition) is 5. The number of halogens is 4. The molecule has 0 spiro atoms. The molecular weight excluding hydrogens is 538 g/mol. The second-order valence-corrected chi connectivity index (χ2v) is 9.05. The van der Waals surface area contributed by atoms with E-state index in [0.717, 1.165) is 18.4 Å². The van der Waals surface area contributed by atoms with E-state index >= 15 is 0 Å². The Morgan fingerprint density at radius 1 is 1.32 bits per heavy atom. The first-order chi connectivity index (χ1) is 16.1. The highest BCUT2D eigenvalue weighted by molar-refractivity contribution is 9.10. The maximum atomic E-state index is 13.3. The number of aromatic nitrogens is 2. The minimum Gasteiger partial charge on any atom is -0.457 e. The molecule has 8 nitrogen and oxygen atoms in total. The topological polar surface area (TPSA) is 99.3 Å². The first-order valence-corrected chi connectivity index (χ1v) is 11.4. The van der Waals surface area contributed by atoms with Gasteiger partial charge in [0, 0.05) is 23.1 Å². The Morgan fingerprint density at radius 2 is 2.06 bits per heavy atom. The lowest BCUT2D eigenvalue weighted by Gasteiger charge is -2.11. The molecule has 178 valence electrons. The van der Waals surface area contributed by atoms with Gasteiger partial charge in [-0.1, -0.05) is 11.6 Å². The molecule has 1 aliphatic rings. The minimum absolute atomic E-state index is 0.0582. The molecule has 34 heavy (non-hydrogen) atoms.